The fourth-order valence-corrected chi connectivity index (χ4v) is 2.59. The molecule has 0 bridgehead atoms. The zero-order chi connectivity index (χ0) is 12.6. The molecule has 2 saturated carbocycles. The van der Waals surface area contributed by atoms with Crippen molar-refractivity contribution in [1.29, 1.82) is 0 Å². The fourth-order valence-electron chi connectivity index (χ4n) is 2.59. The molecule has 1 N–H and O–H groups in total. The molecule has 96 valence electrons. The maximum absolute atomic E-state index is 12.9. The third kappa shape index (κ3) is 2.14. The Morgan fingerprint density at radius 3 is 2.44 bits per heavy atom. The number of benzene rings is 1. The second-order valence-electron chi connectivity index (χ2n) is 5.63. The molecule has 3 heteroatoms. The summed E-state index contributed by atoms with van der Waals surface area (Å²) in [5.74, 6) is 0.247. The molecule has 2 aliphatic rings. The predicted octanol–water partition coefficient (Wildman–Crippen LogP) is 2.77. The van der Waals surface area contributed by atoms with Gasteiger partial charge in [-0.3, -0.25) is 4.79 Å². The molecule has 1 amide bonds. The van der Waals surface area contributed by atoms with Crippen molar-refractivity contribution in [2.24, 2.45) is 5.92 Å². The molecule has 0 aromatic heterocycles. The Hall–Kier alpha value is -1.38. The van der Waals surface area contributed by atoms with E-state index in [0.717, 1.165) is 31.2 Å². The molecule has 0 heterocycles. The molecule has 2 fully saturated rings. The highest BCUT2D eigenvalue weighted by Crippen LogP contribution is 2.47. The molecule has 2 nitrogen and oxygen atoms in total. The monoisotopic (exact) mass is 247 g/mol. The predicted molar refractivity (Wildman–Crippen MR) is 67.7 cm³/mol. The van der Waals surface area contributed by atoms with Gasteiger partial charge in [0, 0.05) is 17.9 Å². The lowest BCUT2D eigenvalue weighted by Crippen LogP contribution is -2.38. The number of amides is 1. The molecular weight excluding hydrogens is 229 g/mol. The topological polar surface area (TPSA) is 29.1 Å². The van der Waals surface area contributed by atoms with Crippen LogP contribution < -0.4 is 5.32 Å². The summed E-state index contributed by atoms with van der Waals surface area (Å²) in [6, 6.07) is 6.70. The first-order chi connectivity index (χ1) is 8.70. The van der Waals surface area contributed by atoms with Crippen LogP contribution in [0.5, 0.6) is 0 Å². The summed E-state index contributed by atoms with van der Waals surface area (Å²) in [6.45, 7) is 0.702. The summed E-state index contributed by atoms with van der Waals surface area (Å²) in [6.07, 6.45) is 5.43. The normalized spacial score (nSPS) is 21.2. The Labute approximate surface area is 107 Å². The van der Waals surface area contributed by atoms with E-state index in [0.29, 0.717) is 6.54 Å². The lowest BCUT2D eigenvalue weighted by molar-refractivity contribution is -0.127. The van der Waals surface area contributed by atoms with Crippen molar-refractivity contribution in [3.05, 3.63) is 35.6 Å². The lowest BCUT2D eigenvalue weighted by Gasteiger charge is -2.25. The molecule has 2 aliphatic carbocycles. The van der Waals surface area contributed by atoms with Crippen LogP contribution in [0.4, 0.5) is 4.39 Å². The first-order valence-electron chi connectivity index (χ1n) is 6.73. The van der Waals surface area contributed by atoms with E-state index >= 15 is 0 Å². The third-order valence-corrected chi connectivity index (χ3v) is 4.39. The van der Waals surface area contributed by atoms with Crippen LogP contribution in [0.25, 0.3) is 0 Å². The van der Waals surface area contributed by atoms with Crippen molar-refractivity contribution >= 4 is 5.91 Å². The molecule has 0 spiro atoms. The van der Waals surface area contributed by atoms with Crippen molar-refractivity contribution < 1.29 is 9.18 Å². The van der Waals surface area contributed by atoms with E-state index in [1.165, 1.54) is 18.6 Å². The molecule has 18 heavy (non-hydrogen) atoms. The van der Waals surface area contributed by atoms with Crippen molar-refractivity contribution in [3.63, 3.8) is 0 Å². The van der Waals surface area contributed by atoms with Crippen molar-refractivity contribution in [2.75, 3.05) is 6.54 Å². The smallest absolute Gasteiger partial charge is 0.223 e. The number of halogens is 1. The molecule has 1 aromatic rings. The van der Waals surface area contributed by atoms with Crippen LogP contribution in [0, 0.1) is 11.7 Å². The standard InChI is InChI=1S/C15H18FNO/c16-13-6-4-12(5-7-13)15(8-9-15)10-17-14(18)11-2-1-3-11/h4-7,11H,1-3,8-10H2,(H,17,18). The van der Waals surface area contributed by atoms with Crippen LogP contribution in [-0.2, 0) is 10.2 Å². The molecule has 0 saturated heterocycles. The molecule has 0 unspecified atom stereocenters. The summed E-state index contributed by atoms with van der Waals surface area (Å²) in [5.41, 5.74) is 1.23. The molecule has 0 atom stereocenters. The van der Waals surface area contributed by atoms with Crippen molar-refractivity contribution in [2.45, 2.75) is 37.5 Å². The molecule has 3 rings (SSSR count). The molecule has 0 aliphatic heterocycles. The highest BCUT2D eigenvalue weighted by atomic mass is 19.1. The number of hydrogen-bond acceptors (Lipinski definition) is 1. The van der Waals surface area contributed by atoms with Crippen LogP contribution in [0.2, 0.25) is 0 Å². The Kier molecular flexibility index (Phi) is 2.84. The first kappa shape index (κ1) is 11.7. The first-order valence-corrected chi connectivity index (χ1v) is 6.73. The van der Waals surface area contributed by atoms with Crippen LogP contribution in [0.3, 0.4) is 0 Å². The highest BCUT2D eigenvalue weighted by molar-refractivity contribution is 5.79. The Bertz CT molecular complexity index is 446. The van der Waals surface area contributed by atoms with Crippen molar-refractivity contribution in [1.82, 2.24) is 5.32 Å². The second kappa shape index (κ2) is 4.38. The van der Waals surface area contributed by atoms with E-state index in [2.05, 4.69) is 5.32 Å². The van der Waals surface area contributed by atoms with Gasteiger partial charge >= 0.3 is 0 Å². The Morgan fingerprint density at radius 1 is 1.28 bits per heavy atom. The van der Waals surface area contributed by atoms with Gasteiger partial charge in [0.1, 0.15) is 5.82 Å². The minimum Gasteiger partial charge on any atom is -0.355 e. The van der Waals surface area contributed by atoms with Crippen LogP contribution in [0.15, 0.2) is 24.3 Å². The molecule has 1 aromatic carbocycles. The van der Waals surface area contributed by atoms with Gasteiger partial charge in [0.25, 0.3) is 0 Å². The lowest BCUT2D eigenvalue weighted by atomic mass is 9.84. The van der Waals surface area contributed by atoms with Gasteiger partial charge in [0.05, 0.1) is 0 Å². The maximum Gasteiger partial charge on any atom is 0.223 e. The van der Waals surface area contributed by atoms with Crippen LogP contribution >= 0.6 is 0 Å². The number of carbonyl (C=O) groups excluding carboxylic acids is 1. The number of rotatable bonds is 4. The zero-order valence-corrected chi connectivity index (χ0v) is 10.4. The summed E-state index contributed by atoms with van der Waals surface area (Å²) in [7, 11) is 0. The minimum absolute atomic E-state index is 0.0765. The summed E-state index contributed by atoms with van der Waals surface area (Å²) < 4.78 is 12.9. The third-order valence-electron chi connectivity index (χ3n) is 4.39. The van der Waals surface area contributed by atoms with E-state index < -0.39 is 0 Å². The SMILES string of the molecule is O=C(NCC1(c2ccc(F)cc2)CC1)C1CCC1. The quantitative estimate of drug-likeness (QED) is 0.871. The largest absolute Gasteiger partial charge is 0.355 e. The van der Waals surface area contributed by atoms with Gasteiger partial charge in [-0.1, -0.05) is 18.6 Å². The van der Waals surface area contributed by atoms with Gasteiger partial charge < -0.3 is 5.32 Å². The Morgan fingerprint density at radius 2 is 1.94 bits per heavy atom. The summed E-state index contributed by atoms with van der Waals surface area (Å²) in [5, 5.41) is 3.07. The van der Waals surface area contributed by atoms with Gasteiger partial charge in [-0.2, -0.15) is 0 Å². The highest BCUT2D eigenvalue weighted by Gasteiger charge is 2.44. The zero-order valence-electron chi connectivity index (χ0n) is 10.4. The van der Waals surface area contributed by atoms with Gasteiger partial charge in [0.2, 0.25) is 5.91 Å². The van der Waals surface area contributed by atoms with E-state index in [-0.39, 0.29) is 23.1 Å². The second-order valence-corrected chi connectivity index (χ2v) is 5.63. The van der Waals surface area contributed by atoms with E-state index in [9.17, 15) is 9.18 Å². The van der Waals surface area contributed by atoms with E-state index in [4.69, 9.17) is 0 Å². The summed E-state index contributed by atoms with van der Waals surface area (Å²) in [4.78, 5) is 11.8. The van der Waals surface area contributed by atoms with E-state index in [1.807, 2.05) is 12.1 Å². The average molecular weight is 247 g/mol. The van der Waals surface area contributed by atoms with Gasteiger partial charge in [0.15, 0.2) is 0 Å². The van der Waals surface area contributed by atoms with Gasteiger partial charge in [-0.15, -0.1) is 0 Å². The maximum atomic E-state index is 12.9. The van der Waals surface area contributed by atoms with Crippen LogP contribution in [-0.4, -0.2) is 12.5 Å². The van der Waals surface area contributed by atoms with Gasteiger partial charge in [-0.25, -0.2) is 4.39 Å². The van der Waals surface area contributed by atoms with Crippen molar-refractivity contribution in [3.8, 4) is 0 Å². The fraction of sp³-hybridized carbons (Fsp3) is 0.533. The summed E-state index contributed by atoms with van der Waals surface area (Å²) >= 11 is 0. The minimum atomic E-state index is -0.201. The van der Waals surface area contributed by atoms with Gasteiger partial charge in [-0.05, 0) is 43.4 Å². The number of hydrogen-bond donors (Lipinski definition) is 1. The number of carbonyl (C=O) groups is 1. The number of nitrogens with one attached hydrogen (secondary N) is 1. The molecular formula is C15H18FNO. The molecule has 0 radical (unpaired) electrons. The van der Waals surface area contributed by atoms with Crippen LogP contribution in [0.1, 0.15) is 37.7 Å². The van der Waals surface area contributed by atoms with E-state index in [1.54, 1.807) is 0 Å². The Balaban J connectivity index is 1.61. The average Bonchev–Trinajstić information content (AvgIpc) is 3.06.